The molecule has 3 fully saturated rings. The fourth-order valence-electron chi connectivity index (χ4n) is 8.27. The van der Waals surface area contributed by atoms with Crippen molar-refractivity contribution in [3.63, 3.8) is 0 Å². The number of aliphatic hydroxyl groups is 2. The van der Waals surface area contributed by atoms with Gasteiger partial charge in [0.2, 0.25) is 5.78 Å². The summed E-state index contributed by atoms with van der Waals surface area (Å²) in [6.07, 6.45) is -4.62. The Kier molecular flexibility index (Phi) is 7.23. The minimum atomic E-state index is -2.02. The van der Waals surface area contributed by atoms with Crippen LogP contribution in [-0.4, -0.2) is 76.1 Å². The molecule has 10 heteroatoms. The number of carbonyl (C=O) groups excluding carboxylic acids is 4. The van der Waals surface area contributed by atoms with Gasteiger partial charge >= 0.3 is 17.9 Å². The first-order valence-electron chi connectivity index (χ1n) is 14.4. The molecular weight excluding hydrogens is 544 g/mol. The number of Topliss-reactive ketones (excluding diaryl/α,β-unsaturated/α-hetero) is 1. The minimum Gasteiger partial charge on any atom is -0.455 e. The highest BCUT2D eigenvalue weighted by molar-refractivity contribution is 6.03. The van der Waals surface area contributed by atoms with E-state index in [0.717, 1.165) is 0 Å². The third kappa shape index (κ3) is 4.09. The number of esters is 3. The van der Waals surface area contributed by atoms with Crippen LogP contribution >= 0.6 is 0 Å². The molecule has 4 aliphatic rings. The maximum absolute atomic E-state index is 14.6. The highest BCUT2D eigenvalue weighted by atomic mass is 16.6. The Labute approximate surface area is 245 Å². The van der Waals surface area contributed by atoms with E-state index in [1.807, 2.05) is 6.92 Å². The molecule has 1 aromatic carbocycles. The molecule has 1 saturated heterocycles. The van der Waals surface area contributed by atoms with E-state index in [1.165, 1.54) is 13.8 Å². The van der Waals surface area contributed by atoms with Crippen LogP contribution < -0.4 is 0 Å². The fraction of sp³-hybridized carbons (Fsp3) is 0.625. The number of ether oxygens (including phenoxy) is 4. The Morgan fingerprint density at radius 2 is 1.67 bits per heavy atom. The third-order valence-electron chi connectivity index (χ3n) is 10.7. The van der Waals surface area contributed by atoms with Crippen LogP contribution in [0.15, 0.2) is 41.5 Å². The van der Waals surface area contributed by atoms with Crippen molar-refractivity contribution in [2.24, 2.45) is 22.7 Å². The smallest absolute Gasteiger partial charge is 0.338 e. The monoisotopic (exact) mass is 584 g/mol. The van der Waals surface area contributed by atoms with Gasteiger partial charge < -0.3 is 29.2 Å². The van der Waals surface area contributed by atoms with Crippen molar-refractivity contribution < 1.29 is 48.3 Å². The van der Waals surface area contributed by atoms with Gasteiger partial charge in [-0.2, -0.15) is 0 Å². The minimum absolute atomic E-state index is 0.0780. The van der Waals surface area contributed by atoms with Crippen molar-refractivity contribution >= 4 is 23.7 Å². The van der Waals surface area contributed by atoms with Crippen LogP contribution in [-0.2, 0) is 33.3 Å². The summed E-state index contributed by atoms with van der Waals surface area (Å²) < 4.78 is 24.2. The molecule has 2 N–H and O–H groups in total. The largest absolute Gasteiger partial charge is 0.455 e. The first kappa shape index (κ1) is 30.4. The molecule has 10 nitrogen and oxygen atoms in total. The van der Waals surface area contributed by atoms with Crippen molar-refractivity contribution in [1.82, 2.24) is 0 Å². The molecule has 1 heterocycles. The number of ketones is 1. The predicted octanol–water partition coefficient (Wildman–Crippen LogP) is 2.93. The van der Waals surface area contributed by atoms with Gasteiger partial charge in [-0.15, -0.1) is 0 Å². The number of hydrogen-bond acceptors (Lipinski definition) is 10. The number of aliphatic hydroxyl groups excluding tert-OH is 1. The fourth-order valence-corrected chi connectivity index (χ4v) is 8.27. The molecule has 0 spiro atoms. The standard InChI is InChI=1S/C32H40O10/c1-16-13-22-31(15-39-22,42-19(4)34)25-27(41-28(37)20-11-9-8-10-12-20)32(38)14-21(35)17(2)23(29(32,5)6)24(36)26(30(16,25)7)40-18(3)33/h8-12,16,21-22,25-27,35,38H,13-15H2,1-7H3/t16-,21?,22+,25?,26+,27?,30+,31-,32+/m0/s1. The SMILES string of the molecule is CC(=O)O[C@@H]1C(=O)C2=C(C)C(O)C[C@@](O)(C(OC(=O)c3ccccc3)C3[C@@]1(C)[C@@H](C)C[C@H]1OC[C@@]31OC(C)=O)C2(C)C. The van der Waals surface area contributed by atoms with Gasteiger partial charge in [-0.05, 0) is 37.0 Å². The molecular formula is C32H40O10. The van der Waals surface area contributed by atoms with Crippen LogP contribution in [0.25, 0.3) is 0 Å². The maximum atomic E-state index is 14.6. The first-order valence-corrected chi connectivity index (χ1v) is 14.4. The van der Waals surface area contributed by atoms with Crippen LogP contribution in [0.4, 0.5) is 0 Å². The number of benzene rings is 1. The highest BCUT2D eigenvalue weighted by Gasteiger charge is 2.77. The summed E-state index contributed by atoms with van der Waals surface area (Å²) in [5, 5.41) is 24.1. The van der Waals surface area contributed by atoms with E-state index in [9.17, 15) is 29.4 Å². The van der Waals surface area contributed by atoms with E-state index in [4.69, 9.17) is 18.9 Å². The molecule has 2 saturated carbocycles. The molecule has 1 aromatic rings. The van der Waals surface area contributed by atoms with Crippen molar-refractivity contribution in [3.8, 4) is 0 Å². The molecule has 3 unspecified atom stereocenters. The van der Waals surface area contributed by atoms with Crippen LogP contribution in [0.1, 0.15) is 71.7 Å². The Morgan fingerprint density at radius 3 is 2.21 bits per heavy atom. The van der Waals surface area contributed by atoms with E-state index in [1.54, 1.807) is 58.0 Å². The summed E-state index contributed by atoms with van der Waals surface area (Å²) in [6.45, 7) is 11.0. The van der Waals surface area contributed by atoms with Gasteiger partial charge in [0.15, 0.2) is 11.7 Å². The maximum Gasteiger partial charge on any atom is 0.338 e. The van der Waals surface area contributed by atoms with E-state index < -0.39 is 76.1 Å². The molecule has 2 bridgehead atoms. The third-order valence-corrected chi connectivity index (χ3v) is 10.7. The van der Waals surface area contributed by atoms with Gasteiger partial charge in [-0.3, -0.25) is 14.4 Å². The summed E-state index contributed by atoms with van der Waals surface area (Å²) in [5.41, 5.74) is -5.44. The van der Waals surface area contributed by atoms with Gasteiger partial charge in [0.25, 0.3) is 0 Å². The topological polar surface area (TPSA) is 146 Å². The summed E-state index contributed by atoms with van der Waals surface area (Å²) in [4.78, 5) is 53.7. The lowest BCUT2D eigenvalue weighted by atomic mass is 9.43. The Bertz CT molecular complexity index is 1350. The zero-order chi connectivity index (χ0) is 31.0. The number of rotatable bonds is 4. The van der Waals surface area contributed by atoms with E-state index in [-0.39, 0.29) is 30.1 Å². The first-order chi connectivity index (χ1) is 19.5. The Hall–Kier alpha value is -3.08. The molecule has 0 radical (unpaired) electrons. The Balaban J connectivity index is 1.85. The summed E-state index contributed by atoms with van der Waals surface area (Å²) in [7, 11) is 0. The normalized spacial score (nSPS) is 40.4. The molecule has 0 amide bonds. The van der Waals surface area contributed by atoms with E-state index in [0.29, 0.717) is 12.0 Å². The molecule has 1 aliphatic heterocycles. The summed E-state index contributed by atoms with van der Waals surface area (Å²) in [5.74, 6) is -4.06. The van der Waals surface area contributed by atoms with Crippen LogP contribution in [0.2, 0.25) is 0 Å². The van der Waals surface area contributed by atoms with Crippen molar-refractivity contribution in [2.75, 3.05) is 6.61 Å². The quantitative estimate of drug-likeness (QED) is 0.400. The molecule has 9 atom stereocenters. The number of fused-ring (bicyclic) bond motifs is 5. The summed E-state index contributed by atoms with van der Waals surface area (Å²) >= 11 is 0. The van der Waals surface area contributed by atoms with Gasteiger partial charge in [0.1, 0.15) is 17.8 Å². The average Bonchev–Trinajstić information content (AvgIpc) is 2.90. The van der Waals surface area contributed by atoms with Crippen LogP contribution in [0, 0.1) is 22.7 Å². The predicted molar refractivity (Wildman–Crippen MR) is 148 cm³/mol. The zero-order valence-corrected chi connectivity index (χ0v) is 25.1. The average molecular weight is 585 g/mol. The molecule has 3 aliphatic carbocycles. The van der Waals surface area contributed by atoms with Crippen LogP contribution in [0.3, 0.4) is 0 Å². The van der Waals surface area contributed by atoms with Gasteiger partial charge in [0.05, 0.1) is 24.2 Å². The molecule has 42 heavy (non-hydrogen) atoms. The van der Waals surface area contributed by atoms with Crippen molar-refractivity contribution in [1.29, 1.82) is 0 Å². The highest BCUT2D eigenvalue weighted by Crippen LogP contribution is 2.66. The van der Waals surface area contributed by atoms with Gasteiger partial charge in [-0.25, -0.2) is 4.79 Å². The lowest BCUT2D eigenvalue weighted by molar-refractivity contribution is -0.351. The Morgan fingerprint density at radius 1 is 1.02 bits per heavy atom. The lowest BCUT2D eigenvalue weighted by Crippen LogP contribution is -2.81. The van der Waals surface area contributed by atoms with Gasteiger partial charge in [-0.1, -0.05) is 45.9 Å². The second-order valence-electron chi connectivity index (χ2n) is 13.2. The van der Waals surface area contributed by atoms with Crippen molar-refractivity contribution in [2.45, 2.75) is 96.9 Å². The van der Waals surface area contributed by atoms with E-state index in [2.05, 4.69) is 0 Å². The summed E-state index contributed by atoms with van der Waals surface area (Å²) in [6, 6.07) is 8.27. The lowest BCUT2D eigenvalue weighted by Gasteiger charge is -2.68. The second-order valence-corrected chi connectivity index (χ2v) is 13.2. The zero-order valence-electron chi connectivity index (χ0n) is 25.1. The van der Waals surface area contributed by atoms with E-state index >= 15 is 0 Å². The van der Waals surface area contributed by atoms with Gasteiger partial charge in [0, 0.05) is 36.7 Å². The second kappa shape index (κ2) is 9.99. The molecule has 5 rings (SSSR count). The molecule has 228 valence electrons. The molecule has 0 aromatic heterocycles. The van der Waals surface area contributed by atoms with Crippen LogP contribution in [0.5, 0.6) is 0 Å². The van der Waals surface area contributed by atoms with Crippen molar-refractivity contribution in [3.05, 3.63) is 47.0 Å². The number of hydrogen-bond donors (Lipinski definition) is 2. The number of carbonyl (C=O) groups is 4.